The number of sulfone groups is 1. The van der Waals surface area contributed by atoms with Crippen molar-refractivity contribution in [2.45, 2.75) is 49.8 Å². The molecule has 1 amide bonds. The van der Waals surface area contributed by atoms with E-state index >= 15 is 0 Å². The molecule has 0 saturated carbocycles. The fourth-order valence-electron chi connectivity index (χ4n) is 5.21. The molecule has 0 bridgehead atoms. The van der Waals surface area contributed by atoms with Crippen molar-refractivity contribution in [2.24, 2.45) is 0 Å². The third-order valence-corrected chi connectivity index (χ3v) is 9.78. The van der Waals surface area contributed by atoms with Crippen molar-refractivity contribution in [2.75, 3.05) is 42.7 Å². The highest BCUT2D eigenvalue weighted by Gasteiger charge is 2.32. The van der Waals surface area contributed by atoms with Crippen molar-refractivity contribution in [1.29, 1.82) is 0 Å². The predicted octanol–water partition coefficient (Wildman–Crippen LogP) is 5.00. The van der Waals surface area contributed by atoms with Crippen LogP contribution in [0, 0.1) is 0 Å². The van der Waals surface area contributed by atoms with E-state index in [1.165, 1.54) is 5.56 Å². The molecule has 1 fully saturated rings. The van der Waals surface area contributed by atoms with Gasteiger partial charge in [-0.3, -0.25) is 4.79 Å². The summed E-state index contributed by atoms with van der Waals surface area (Å²) >= 11 is 6.06. The van der Waals surface area contributed by atoms with Crippen LogP contribution in [0.15, 0.2) is 53.4 Å². The molecule has 10 heteroatoms. The van der Waals surface area contributed by atoms with E-state index in [2.05, 4.69) is 22.3 Å². The van der Waals surface area contributed by atoms with Crippen molar-refractivity contribution in [3.05, 3.63) is 70.4 Å². The van der Waals surface area contributed by atoms with Gasteiger partial charge in [0.15, 0.2) is 15.7 Å². The summed E-state index contributed by atoms with van der Waals surface area (Å²) in [6.45, 7) is 4.17. The summed E-state index contributed by atoms with van der Waals surface area (Å²) in [5.74, 6) is 1.47. The number of aryl methyl sites for hydroxylation is 1. The number of hydrogen-bond acceptors (Lipinski definition) is 7. The van der Waals surface area contributed by atoms with Gasteiger partial charge in [0.1, 0.15) is 4.90 Å². The number of nitrogens with one attached hydrogen (secondary N) is 1. The lowest BCUT2D eigenvalue weighted by Gasteiger charge is -2.33. The summed E-state index contributed by atoms with van der Waals surface area (Å²) in [7, 11) is -1.71. The first-order valence-corrected chi connectivity index (χ1v) is 15.5. The Balaban J connectivity index is 1.37. The Morgan fingerprint density at radius 3 is 2.44 bits per heavy atom. The van der Waals surface area contributed by atoms with Gasteiger partial charge in [0.25, 0.3) is 0 Å². The smallest absolute Gasteiger partial charge is 0.227 e. The van der Waals surface area contributed by atoms with Crippen LogP contribution in [0.2, 0.25) is 5.02 Å². The molecule has 0 unspecified atom stereocenters. The van der Waals surface area contributed by atoms with E-state index in [4.69, 9.17) is 21.6 Å². The average Bonchev–Trinajstić information content (AvgIpc) is 2.93. The molecule has 2 aromatic carbocycles. The molecular formula is C29H34ClN5O3S. The van der Waals surface area contributed by atoms with Gasteiger partial charge in [0, 0.05) is 37.4 Å². The summed E-state index contributed by atoms with van der Waals surface area (Å²) in [6.07, 6.45) is 3.38. The number of hydrogen-bond donors (Lipinski definition) is 1. The number of halogens is 1. The van der Waals surface area contributed by atoms with Crippen LogP contribution in [0.25, 0.3) is 0 Å². The van der Waals surface area contributed by atoms with Crippen molar-refractivity contribution in [3.8, 4) is 0 Å². The van der Waals surface area contributed by atoms with Gasteiger partial charge in [-0.25, -0.2) is 13.4 Å². The Labute approximate surface area is 235 Å². The zero-order chi connectivity index (χ0) is 27.6. The molecule has 0 spiro atoms. The van der Waals surface area contributed by atoms with Crippen LogP contribution in [0.4, 0.5) is 17.5 Å². The molecule has 0 radical (unpaired) electrons. The molecule has 0 atom stereocenters. The minimum Gasteiger partial charge on any atom is -0.346 e. The third-order valence-electron chi connectivity index (χ3n) is 7.65. The highest BCUT2D eigenvalue weighted by molar-refractivity contribution is 7.91. The quantitative estimate of drug-likeness (QED) is 0.429. The molecule has 8 nitrogen and oxygen atoms in total. The lowest BCUT2D eigenvalue weighted by molar-refractivity contribution is -0.128. The molecule has 2 aliphatic rings. The number of piperidine rings is 1. The molecule has 2 aliphatic heterocycles. The van der Waals surface area contributed by atoms with Gasteiger partial charge < -0.3 is 15.1 Å². The average molecular weight is 568 g/mol. The maximum absolute atomic E-state index is 13.1. The van der Waals surface area contributed by atoms with Crippen LogP contribution >= 0.6 is 11.6 Å². The fraction of sp³-hybridized carbons (Fsp3) is 0.414. The van der Waals surface area contributed by atoms with Crippen molar-refractivity contribution in [1.82, 2.24) is 14.9 Å². The van der Waals surface area contributed by atoms with E-state index in [1.807, 2.05) is 43.3 Å². The SMILES string of the molecule is CCN(C)C(=O)Cc1ccc(Nc2nc(N3CCC(c4ccc(Cl)cc4)CC3)nc3c2S(=O)(=O)CCC3)cc1. The first-order valence-electron chi connectivity index (χ1n) is 13.5. The first-order chi connectivity index (χ1) is 18.7. The standard InChI is InChI=1S/C29H34ClN5O3S/c1-3-34(2)26(36)19-20-6-12-24(13-7-20)31-28-27-25(5-4-18-39(27,37)38)32-29(33-28)35-16-14-22(15-17-35)21-8-10-23(30)11-9-21/h6-13,22H,3-5,14-19H2,1-2H3,(H,31,32,33). The second-order valence-corrected chi connectivity index (χ2v) is 12.8. The molecule has 5 rings (SSSR count). The van der Waals surface area contributed by atoms with Gasteiger partial charge in [0.2, 0.25) is 11.9 Å². The number of likely N-dealkylation sites (N-methyl/N-ethyl adjacent to an activating group) is 1. The number of amides is 1. The molecule has 1 N–H and O–H groups in total. The number of rotatable bonds is 7. The zero-order valence-corrected chi connectivity index (χ0v) is 23.9. The first kappa shape index (κ1) is 27.4. The second-order valence-electron chi connectivity index (χ2n) is 10.3. The van der Waals surface area contributed by atoms with Crippen molar-refractivity contribution < 1.29 is 13.2 Å². The Morgan fingerprint density at radius 1 is 1.08 bits per heavy atom. The number of carbonyl (C=O) groups is 1. The van der Waals surface area contributed by atoms with E-state index < -0.39 is 9.84 Å². The highest BCUT2D eigenvalue weighted by atomic mass is 35.5. The predicted molar refractivity (Wildman–Crippen MR) is 155 cm³/mol. The molecule has 1 saturated heterocycles. The van der Waals surface area contributed by atoms with Gasteiger partial charge in [0.05, 0.1) is 17.9 Å². The van der Waals surface area contributed by atoms with Crippen molar-refractivity contribution in [3.63, 3.8) is 0 Å². The maximum atomic E-state index is 13.1. The minimum atomic E-state index is -3.49. The maximum Gasteiger partial charge on any atom is 0.227 e. The Kier molecular flexibility index (Phi) is 8.09. The van der Waals surface area contributed by atoms with E-state index in [1.54, 1.807) is 11.9 Å². The van der Waals surface area contributed by atoms with Gasteiger partial charge in [-0.05, 0) is 73.9 Å². The number of benzene rings is 2. The second kappa shape index (κ2) is 11.5. The summed E-state index contributed by atoms with van der Waals surface area (Å²) in [6, 6.07) is 15.5. The highest BCUT2D eigenvalue weighted by Crippen LogP contribution is 2.35. The summed E-state index contributed by atoms with van der Waals surface area (Å²) in [5.41, 5.74) is 3.47. The van der Waals surface area contributed by atoms with Gasteiger partial charge >= 0.3 is 0 Å². The monoisotopic (exact) mass is 567 g/mol. The Hall–Kier alpha value is -3.17. The van der Waals surface area contributed by atoms with Gasteiger partial charge in [-0.15, -0.1) is 0 Å². The van der Waals surface area contributed by atoms with Crippen molar-refractivity contribution >= 4 is 44.8 Å². The zero-order valence-electron chi connectivity index (χ0n) is 22.4. The molecule has 3 aromatic rings. The number of nitrogens with zero attached hydrogens (tertiary/aromatic N) is 4. The summed E-state index contributed by atoms with van der Waals surface area (Å²) in [5, 5.41) is 3.99. The number of carbonyl (C=O) groups excluding carboxylic acids is 1. The van der Waals surface area contributed by atoms with Gasteiger partial charge in [-0.1, -0.05) is 35.9 Å². The number of anilines is 3. The van der Waals surface area contributed by atoms with Crippen LogP contribution in [0.3, 0.4) is 0 Å². The van der Waals surface area contributed by atoms with E-state index in [-0.39, 0.29) is 16.6 Å². The lowest BCUT2D eigenvalue weighted by atomic mass is 9.89. The topological polar surface area (TPSA) is 95.5 Å². The van der Waals surface area contributed by atoms with Crippen LogP contribution in [0.5, 0.6) is 0 Å². The van der Waals surface area contributed by atoms with Gasteiger partial charge in [-0.2, -0.15) is 4.98 Å². The van der Waals surface area contributed by atoms with Crippen LogP contribution in [0.1, 0.15) is 48.9 Å². The molecule has 206 valence electrons. The molecule has 1 aromatic heterocycles. The molecule has 39 heavy (non-hydrogen) atoms. The molecule has 0 aliphatic carbocycles. The van der Waals surface area contributed by atoms with Crippen LogP contribution < -0.4 is 10.2 Å². The van der Waals surface area contributed by atoms with Crippen LogP contribution in [-0.4, -0.2) is 61.6 Å². The molecular weight excluding hydrogens is 534 g/mol. The van der Waals surface area contributed by atoms with E-state index in [0.717, 1.165) is 36.5 Å². The summed E-state index contributed by atoms with van der Waals surface area (Å²) in [4.78, 5) is 25.8. The lowest BCUT2D eigenvalue weighted by Crippen LogP contribution is -2.35. The summed E-state index contributed by atoms with van der Waals surface area (Å²) < 4.78 is 26.2. The largest absolute Gasteiger partial charge is 0.346 e. The number of aromatic nitrogens is 2. The minimum absolute atomic E-state index is 0.0543. The Morgan fingerprint density at radius 2 is 1.77 bits per heavy atom. The van der Waals surface area contributed by atoms with Crippen LogP contribution in [-0.2, 0) is 27.5 Å². The van der Waals surface area contributed by atoms with E-state index in [9.17, 15) is 13.2 Å². The Bertz CT molecular complexity index is 1440. The van der Waals surface area contributed by atoms with E-state index in [0.29, 0.717) is 54.9 Å². The third kappa shape index (κ3) is 6.20. The fourth-order valence-corrected chi connectivity index (χ4v) is 6.97. The molecule has 3 heterocycles. The number of fused-ring (bicyclic) bond motifs is 1. The normalized spacial score (nSPS) is 16.9.